The van der Waals surface area contributed by atoms with Crippen molar-refractivity contribution in [3.05, 3.63) is 60.7 Å². The fourth-order valence-corrected chi connectivity index (χ4v) is 2.40. The summed E-state index contributed by atoms with van der Waals surface area (Å²) in [6, 6.07) is 2.74. The molecular weight excluding hydrogens is 350 g/mol. The number of hydrogen-bond acceptors (Lipinski definition) is 4. The molecule has 6 nitrogen and oxygen atoms in total. The van der Waals surface area contributed by atoms with Gasteiger partial charge in [-0.3, -0.25) is 14.9 Å². The predicted octanol–water partition coefficient (Wildman–Crippen LogP) is 4.58. The summed E-state index contributed by atoms with van der Waals surface area (Å²) in [4.78, 5) is 21.8. The summed E-state index contributed by atoms with van der Waals surface area (Å²) in [5.41, 5.74) is -1.08. The van der Waals surface area contributed by atoms with E-state index in [1.807, 2.05) is 0 Å². The number of aromatic nitrogens is 1. The van der Waals surface area contributed by atoms with Gasteiger partial charge < -0.3 is 9.30 Å². The molecule has 0 aliphatic carbocycles. The van der Waals surface area contributed by atoms with Crippen LogP contribution in [0, 0.1) is 15.9 Å². The van der Waals surface area contributed by atoms with E-state index in [1.165, 1.54) is 6.20 Å². The second kappa shape index (κ2) is 6.55. The summed E-state index contributed by atoms with van der Waals surface area (Å²) < 4.78 is 20.3. The van der Waals surface area contributed by atoms with Gasteiger partial charge in [0, 0.05) is 24.2 Å². The molecule has 0 unspecified atom stereocenters. The Hall–Kier alpha value is -2.12. The van der Waals surface area contributed by atoms with Crippen molar-refractivity contribution in [2.24, 2.45) is 0 Å². The minimum absolute atomic E-state index is 0.00606. The molecular formula is C14H11Cl2FN2O4. The Balaban J connectivity index is 2.48. The number of nitrogens with zero attached hydrogens (tertiary/aromatic N) is 2. The van der Waals surface area contributed by atoms with Crippen molar-refractivity contribution in [1.82, 2.24) is 4.57 Å². The first-order valence-electron chi connectivity index (χ1n) is 6.43. The maximum atomic E-state index is 13.7. The van der Waals surface area contributed by atoms with Gasteiger partial charge in [-0.05, 0) is 13.8 Å². The normalized spacial score (nSPS) is 10.9. The lowest BCUT2D eigenvalue weighted by atomic mass is 10.3. The first kappa shape index (κ1) is 17.2. The first-order chi connectivity index (χ1) is 10.7. The van der Waals surface area contributed by atoms with Gasteiger partial charge >= 0.3 is 0 Å². The fraction of sp³-hybridized carbons (Fsp3) is 0.214. The van der Waals surface area contributed by atoms with Crippen LogP contribution in [0.2, 0.25) is 10.0 Å². The molecule has 2 rings (SSSR count). The topological polar surface area (TPSA) is 74.4 Å². The van der Waals surface area contributed by atoms with Crippen LogP contribution in [-0.2, 0) is 0 Å². The number of halogens is 3. The van der Waals surface area contributed by atoms with Crippen LogP contribution >= 0.6 is 23.2 Å². The van der Waals surface area contributed by atoms with E-state index < -0.39 is 16.3 Å². The van der Waals surface area contributed by atoms with Crippen LogP contribution in [0.5, 0.6) is 11.5 Å². The van der Waals surface area contributed by atoms with E-state index in [1.54, 1.807) is 13.8 Å². The molecule has 122 valence electrons. The number of benzene rings is 1. The van der Waals surface area contributed by atoms with Crippen LogP contribution in [0.15, 0.2) is 29.2 Å². The lowest BCUT2D eigenvalue weighted by Crippen LogP contribution is -2.24. The second-order valence-corrected chi connectivity index (χ2v) is 5.74. The summed E-state index contributed by atoms with van der Waals surface area (Å²) in [5, 5.41) is 10.5. The largest absolute Gasteiger partial charge is 0.453 e. The summed E-state index contributed by atoms with van der Waals surface area (Å²) >= 11 is 11.9. The van der Waals surface area contributed by atoms with Crippen LogP contribution in [0.1, 0.15) is 19.9 Å². The molecule has 0 aliphatic heterocycles. The molecule has 0 saturated heterocycles. The summed E-state index contributed by atoms with van der Waals surface area (Å²) in [6.07, 6.45) is 1.31. The number of non-ortho nitro benzene ring substituents is 1. The Labute approximate surface area is 140 Å². The van der Waals surface area contributed by atoms with E-state index in [9.17, 15) is 19.3 Å². The predicted molar refractivity (Wildman–Crippen MR) is 84.2 cm³/mol. The highest BCUT2D eigenvalue weighted by Crippen LogP contribution is 2.39. The highest BCUT2D eigenvalue weighted by atomic mass is 35.5. The number of nitro groups is 1. The molecule has 9 heteroatoms. The Morgan fingerprint density at radius 3 is 2.30 bits per heavy atom. The standard InChI is InChI=1S/C14H11Cl2FN2O4/c1-7(2)18-6-9(5-12(17)14(18)20)23-13-10(15)3-8(19(21)22)4-11(13)16/h3-7H,1-2H3. The molecule has 0 saturated carbocycles. The van der Waals surface area contributed by atoms with Crippen molar-refractivity contribution < 1.29 is 14.1 Å². The van der Waals surface area contributed by atoms with Gasteiger partial charge in [-0.2, -0.15) is 0 Å². The van der Waals surface area contributed by atoms with Crippen molar-refractivity contribution in [2.75, 3.05) is 0 Å². The summed E-state index contributed by atoms with van der Waals surface area (Å²) in [7, 11) is 0. The molecule has 23 heavy (non-hydrogen) atoms. The van der Waals surface area contributed by atoms with Gasteiger partial charge in [-0.25, -0.2) is 4.39 Å². The third-order valence-electron chi connectivity index (χ3n) is 2.94. The Kier molecular flexibility index (Phi) is 4.91. The van der Waals surface area contributed by atoms with E-state index >= 15 is 0 Å². The quantitative estimate of drug-likeness (QED) is 0.590. The molecule has 0 amide bonds. The summed E-state index contributed by atoms with van der Waals surface area (Å²) in [6.45, 7) is 3.41. The molecule has 0 spiro atoms. The van der Waals surface area contributed by atoms with Gasteiger partial charge in [-0.15, -0.1) is 0 Å². The zero-order chi connectivity index (χ0) is 17.3. The minimum Gasteiger partial charge on any atom is -0.453 e. The average Bonchev–Trinajstić information content (AvgIpc) is 2.45. The molecule has 0 aliphatic rings. The van der Waals surface area contributed by atoms with E-state index in [0.717, 1.165) is 22.8 Å². The van der Waals surface area contributed by atoms with Crippen molar-refractivity contribution in [2.45, 2.75) is 19.9 Å². The molecule has 1 aromatic carbocycles. The van der Waals surface area contributed by atoms with Crippen LogP contribution in [0.25, 0.3) is 0 Å². The van der Waals surface area contributed by atoms with Crippen molar-refractivity contribution in [3.8, 4) is 11.5 Å². The minimum atomic E-state index is -0.995. The van der Waals surface area contributed by atoms with E-state index in [0.29, 0.717) is 0 Å². The van der Waals surface area contributed by atoms with Gasteiger partial charge in [0.05, 0.1) is 21.2 Å². The van der Waals surface area contributed by atoms with Gasteiger partial charge in [0.15, 0.2) is 11.6 Å². The monoisotopic (exact) mass is 360 g/mol. The Morgan fingerprint density at radius 1 is 1.26 bits per heavy atom. The van der Waals surface area contributed by atoms with E-state index in [4.69, 9.17) is 27.9 Å². The van der Waals surface area contributed by atoms with E-state index in [-0.39, 0.29) is 33.3 Å². The number of rotatable bonds is 4. The third kappa shape index (κ3) is 3.62. The lowest BCUT2D eigenvalue weighted by molar-refractivity contribution is -0.384. The van der Waals surface area contributed by atoms with Crippen molar-refractivity contribution in [3.63, 3.8) is 0 Å². The third-order valence-corrected chi connectivity index (χ3v) is 3.51. The highest BCUT2D eigenvalue weighted by molar-refractivity contribution is 6.37. The van der Waals surface area contributed by atoms with Crippen LogP contribution in [0.3, 0.4) is 0 Å². The molecule has 1 aromatic heterocycles. The van der Waals surface area contributed by atoms with Gasteiger partial charge in [-0.1, -0.05) is 23.2 Å². The van der Waals surface area contributed by atoms with E-state index in [2.05, 4.69) is 0 Å². The zero-order valence-electron chi connectivity index (χ0n) is 12.0. The average molecular weight is 361 g/mol. The lowest BCUT2D eigenvalue weighted by Gasteiger charge is -2.14. The Bertz CT molecular complexity index is 813. The number of ether oxygens (including phenoxy) is 1. The van der Waals surface area contributed by atoms with Crippen molar-refractivity contribution >= 4 is 28.9 Å². The molecule has 0 fully saturated rings. The van der Waals surface area contributed by atoms with Gasteiger partial charge in [0.1, 0.15) is 5.75 Å². The van der Waals surface area contributed by atoms with Gasteiger partial charge in [0.25, 0.3) is 11.2 Å². The molecule has 1 heterocycles. The number of pyridine rings is 1. The first-order valence-corrected chi connectivity index (χ1v) is 7.19. The smallest absolute Gasteiger partial charge is 0.287 e. The molecule has 2 aromatic rings. The second-order valence-electron chi connectivity index (χ2n) is 4.93. The molecule has 0 radical (unpaired) electrons. The van der Waals surface area contributed by atoms with Gasteiger partial charge in [0.2, 0.25) is 0 Å². The van der Waals surface area contributed by atoms with Crippen molar-refractivity contribution in [1.29, 1.82) is 0 Å². The fourth-order valence-electron chi connectivity index (χ4n) is 1.85. The molecule has 0 atom stereocenters. The highest BCUT2D eigenvalue weighted by Gasteiger charge is 2.18. The molecule has 0 bridgehead atoms. The van der Waals surface area contributed by atoms with Crippen LogP contribution in [-0.4, -0.2) is 9.49 Å². The van der Waals surface area contributed by atoms with Crippen LogP contribution in [0.4, 0.5) is 10.1 Å². The Morgan fingerprint density at radius 2 is 1.83 bits per heavy atom. The SMILES string of the molecule is CC(C)n1cc(Oc2c(Cl)cc([N+](=O)[O-])cc2Cl)cc(F)c1=O. The maximum absolute atomic E-state index is 13.7. The number of hydrogen-bond donors (Lipinski definition) is 0. The number of nitro benzene ring substituents is 1. The zero-order valence-corrected chi connectivity index (χ0v) is 13.6. The summed E-state index contributed by atoms with van der Waals surface area (Å²) in [5.74, 6) is -1.06. The van der Waals surface area contributed by atoms with Crippen LogP contribution < -0.4 is 10.3 Å². The molecule has 0 N–H and O–H groups in total. The maximum Gasteiger partial charge on any atom is 0.287 e.